The molecule has 5 nitrogen and oxygen atoms in total. The molecular weight excluding hydrogens is 314 g/mol. The minimum absolute atomic E-state index is 0.131. The lowest BCUT2D eigenvalue weighted by molar-refractivity contribution is -0.117. The minimum atomic E-state index is -0.495. The summed E-state index contributed by atoms with van der Waals surface area (Å²) in [5.41, 5.74) is 7.28. The minimum Gasteiger partial charge on any atom is -0.366 e. The zero-order chi connectivity index (χ0) is 16.8. The number of halogens is 1. The highest BCUT2D eigenvalue weighted by Gasteiger charge is 2.08. The highest BCUT2D eigenvalue weighted by Crippen LogP contribution is 2.12. The van der Waals surface area contributed by atoms with Gasteiger partial charge in [0.25, 0.3) is 0 Å². The predicted molar refractivity (Wildman–Crippen MR) is 91.4 cm³/mol. The van der Waals surface area contributed by atoms with Gasteiger partial charge in [-0.25, -0.2) is 0 Å². The van der Waals surface area contributed by atoms with Gasteiger partial charge in [-0.15, -0.1) is 0 Å². The van der Waals surface area contributed by atoms with Crippen molar-refractivity contribution in [2.45, 2.75) is 6.54 Å². The Morgan fingerprint density at radius 2 is 1.70 bits per heavy atom. The van der Waals surface area contributed by atoms with E-state index in [0.717, 1.165) is 5.56 Å². The highest BCUT2D eigenvalue weighted by molar-refractivity contribution is 6.30. The van der Waals surface area contributed by atoms with Crippen LogP contribution in [0.25, 0.3) is 0 Å². The maximum Gasteiger partial charge on any atom is 0.248 e. The Hall–Kier alpha value is -2.37. The van der Waals surface area contributed by atoms with Gasteiger partial charge in [0, 0.05) is 22.8 Å². The molecule has 0 atom stereocenters. The third-order valence-corrected chi connectivity index (χ3v) is 3.48. The van der Waals surface area contributed by atoms with E-state index in [1.165, 1.54) is 0 Å². The van der Waals surface area contributed by atoms with Crippen LogP contribution in [0.3, 0.4) is 0 Å². The maximum atomic E-state index is 12.0. The van der Waals surface area contributed by atoms with E-state index in [0.29, 0.717) is 22.8 Å². The van der Waals surface area contributed by atoms with E-state index in [9.17, 15) is 9.59 Å². The molecule has 0 aliphatic carbocycles. The zero-order valence-corrected chi connectivity index (χ0v) is 13.5. The summed E-state index contributed by atoms with van der Waals surface area (Å²) in [7, 11) is 1.87. The number of nitrogens with zero attached hydrogens (tertiary/aromatic N) is 1. The Kier molecular flexibility index (Phi) is 5.73. The van der Waals surface area contributed by atoms with Gasteiger partial charge in [-0.1, -0.05) is 23.7 Å². The number of carbonyl (C=O) groups excluding carboxylic acids is 2. The third kappa shape index (κ3) is 5.39. The van der Waals surface area contributed by atoms with Crippen molar-refractivity contribution in [1.29, 1.82) is 0 Å². The number of rotatable bonds is 6. The van der Waals surface area contributed by atoms with Crippen LogP contribution in [0.15, 0.2) is 48.5 Å². The second kappa shape index (κ2) is 7.76. The second-order valence-corrected chi connectivity index (χ2v) is 5.72. The number of nitrogens with one attached hydrogen (secondary N) is 1. The summed E-state index contributed by atoms with van der Waals surface area (Å²) in [5.74, 6) is -0.626. The second-order valence-electron chi connectivity index (χ2n) is 5.29. The molecule has 0 aromatic heterocycles. The lowest BCUT2D eigenvalue weighted by atomic mass is 10.2. The Bertz CT molecular complexity index is 684. The van der Waals surface area contributed by atoms with Crippen LogP contribution in [0, 0.1) is 0 Å². The van der Waals surface area contributed by atoms with Crippen LogP contribution in [-0.2, 0) is 11.3 Å². The molecule has 0 saturated carbocycles. The van der Waals surface area contributed by atoms with Crippen molar-refractivity contribution in [3.63, 3.8) is 0 Å². The van der Waals surface area contributed by atoms with Crippen LogP contribution in [0.4, 0.5) is 5.69 Å². The Morgan fingerprint density at radius 1 is 1.09 bits per heavy atom. The van der Waals surface area contributed by atoms with Gasteiger partial charge in [0.1, 0.15) is 0 Å². The van der Waals surface area contributed by atoms with Crippen molar-refractivity contribution < 1.29 is 9.59 Å². The summed E-state index contributed by atoms with van der Waals surface area (Å²) >= 11 is 5.85. The fraction of sp³-hybridized carbons (Fsp3) is 0.176. The van der Waals surface area contributed by atoms with E-state index in [2.05, 4.69) is 5.32 Å². The maximum absolute atomic E-state index is 12.0. The zero-order valence-electron chi connectivity index (χ0n) is 12.8. The SMILES string of the molecule is CN(CC(=O)Nc1ccc(C(N)=O)cc1)Cc1ccc(Cl)cc1. The van der Waals surface area contributed by atoms with Gasteiger partial charge in [0.2, 0.25) is 11.8 Å². The van der Waals surface area contributed by atoms with Crippen LogP contribution in [0.5, 0.6) is 0 Å². The first kappa shape index (κ1) is 17.0. The van der Waals surface area contributed by atoms with E-state index in [4.69, 9.17) is 17.3 Å². The summed E-state index contributed by atoms with van der Waals surface area (Å²) in [4.78, 5) is 24.9. The molecule has 6 heteroatoms. The molecule has 0 spiro atoms. The quantitative estimate of drug-likeness (QED) is 0.854. The van der Waals surface area contributed by atoms with Gasteiger partial charge < -0.3 is 11.1 Å². The molecule has 0 bridgehead atoms. The number of likely N-dealkylation sites (N-methyl/N-ethyl adjacent to an activating group) is 1. The number of hydrogen-bond donors (Lipinski definition) is 2. The molecule has 0 fully saturated rings. The Balaban J connectivity index is 1.86. The Labute approximate surface area is 140 Å². The van der Waals surface area contributed by atoms with Crippen LogP contribution in [0.1, 0.15) is 15.9 Å². The summed E-state index contributed by atoms with van der Waals surface area (Å²) in [6, 6.07) is 14.0. The highest BCUT2D eigenvalue weighted by atomic mass is 35.5. The van der Waals surface area contributed by atoms with Crippen molar-refractivity contribution in [3.05, 3.63) is 64.7 Å². The number of primary amides is 1. The largest absolute Gasteiger partial charge is 0.366 e. The van der Waals surface area contributed by atoms with Crippen LogP contribution in [-0.4, -0.2) is 30.3 Å². The third-order valence-electron chi connectivity index (χ3n) is 3.23. The molecule has 2 rings (SSSR count). The summed E-state index contributed by atoms with van der Waals surface area (Å²) in [6.45, 7) is 0.894. The van der Waals surface area contributed by atoms with Crippen molar-refractivity contribution in [3.8, 4) is 0 Å². The fourth-order valence-electron chi connectivity index (χ4n) is 2.12. The first-order chi connectivity index (χ1) is 10.9. The number of hydrogen-bond acceptors (Lipinski definition) is 3. The number of nitrogens with two attached hydrogens (primary N) is 1. The molecule has 120 valence electrons. The van der Waals surface area contributed by atoms with E-state index < -0.39 is 5.91 Å². The lowest BCUT2D eigenvalue weighted by Gasteiger charge is -2.16. The molecule has 2 amide bonds. The van der Waals surface area contributed by atoms with Gasteiger partial charge in [0.15, 0.2) is 0 Å². The average Bonchev–Trinajstić information content (AvgIpc) is 2.50. The monoisotopic (exact) mass is 331 g/mol. The molecule has 2 aromatic rings. The summed E-state index contributed by atoms with van der Waals surface area (Å²) < 4.78 is 0. The van der Waals surface area contributed by atoms with E-state index >= 15 is 0 Å². The molecule has 0 aliphatic heterocycles. The first-order valence-corrected chi connectivity index (χ1v) is 7.44. The Morgan fingerprint density at radius 3 is 2.26 bits per heavy atom. The van der Waals surface area contributed by atoms with Gasteiger partial charge >= 0.3 is 0 Å². The number of amides is 2. The molecule has 0 heterocycles. The molecule has 3 N–H and O–H groups in total. The molecule has 0 radical (unpaired) electrons. The number of anilines is 1. The topological polar surface area (TPSA) is 75.4 Å². The fourth-order valence-corrected chi connectivity index (χ4v) is 2.25. The smallest absolute Gasteiger partial charge is 0.248 e. The number of benzene rings is 2. The lowest BCUT2D eigenvalue weighted by Crippen LogP contribution is -2.29. The van der Waals surface area contributed by atoms with Crippen LogP contribution >= 0.6 is 11.6 Å². The normalized spacial score (nSPS) is 10.6. The summed E-state index contributed by atoms with van der Waals surface area (Å²) in [5, 5.41) is 3.47. The van der Waals surface area contributed by atoms with Gasteiger partial charge in [-0.05, 0) is 49.0 Å². The standard InChI is InChI=1S/C17H18ClN3O2/c1-21(10-12-2-6-14(18)7-3-12)11-16(22)20-15-8-4-13(5-9-15)17(19)23/h2-9H,10-11H2,1H3,(H2,19,23)(H,20,22). The molecule has 2 aromatic carbocycles. The van der Waals surface area contributed by atoms with E-state index in [1.54, 1.807) is 24.3 Å². The first-order valence-electron chi connectivity index (χ1n) is 7.07. The van der Waals surface area contributed by atoms with E-state index in [-0.39, 0.29) is 12.5 Å². The van der Waals surface area contributed by atoms with Crippen LogP contribution in [0.2, 0.25) is 5.02 Å². The molecule has 0 saturated heterocycles. The van der Waals surface area contributed by atoms with Crippen molar-refractivity contribution in [2.24, 2.45) is 5.73 Å². The van der Waals surface area contributed by atoms with Crippen LogP contribution < -0.4 is 11.1 Å². The average molecular weight is 332 g/mol. The van der Waals surface area contributed by atoms with Crippen molar-refractivity contribution in [2.75, 3.05) is 18.9 Å². The number of carbonyl (C=O) groups is 2. The van der Waals surface area contributed by atoms with Gasteiger partial charge in [-0.2, -0.15) is 0 Å². The van der Waals surface area contributed by atoms with Gasteiger partial charge in [-0.3, -0.25) is 14.5 Å². The summed E-state index contributed by atoms with van der Waals surface area (Å²) in [6.07, 6.45) is 0. The molecule has 0 unspecified atom stereocenters. The van der Waals surface area contributed by atoms with Crippen molar-refractivity contribution >= 4 is 29.1 Å². The molecule has 23 heavy (non-hydrogen) atoms. The predicted octanol–water partition coefficient (Wildman–Crippen LogP) is 2.51. The molecular formula is C17H18ClN3O2. The van der Waals surface area contributed by atoms with Crippen molar-refractivity contribution in [1.82, 2.24) is 4.90 Å². The van der Waals surface area contributed by atoms with Gasteiger partial charge in [0.05, 0.1) is 6.54 Å². The van der Waals surface area contributed by atoms with E-state index in [1.807, 2.05) is 36.2 Å². The molecule has 0 aliphatic rings.